The van der Waals surface area contributed by atoms with Crippen LogP contribution >= 0.6 is 23.2 Å². The number of nitrogens with zero attached hydrogens (tertiary/aromatic N) is 1. The molecule has 96 valence electrons. The third-order valence-electron chi connectivity index (χ3n) is 2.79. The Balaban J connectivity index is 2.17. The second-order valence-electron chi connectivity index (χ2n) is 4.11. The topological polar surface area (TPSA) is 54.7 Å². The summed E-state index contributed by atoms with van der Waals surface area (Å²) >= 11 is 11.9. The van der Waals surface area contributed by atoms with Gasteiger partial charge in [-0.25, -0.2) is 9.37 Å². The lowest BCUT2D eigenvalue weighted by Gasteiger charge is -1.99. The summed E-state index contributed by atoms with van der Waals surface area (Å²) in [6.45, 7) is 0. The average molecular weight is 296 g/mol. The molecule has 0 aliphatic carbocycles. The number of halogens is 3. The summed E-state index contributed by atoms with van der Waals surface area (Å²) in [5.41, 5.74) is 7.76. The maximum Gasteiger partial charge on any atom is 0.146 e. The molecular formula is C13H8Cl2FN3. The Morgan fingerprint density at radius 1 is 1.11 bits per heavy atom. The number of nitrogens with one attached hydrogen (secondary N) is 1. The fraction of sp³-hybridized carbons (Fsp3) is 0. The van der Waals surface area contributed by atoms with E-state index < -0.39 is 5.82 Å². The van der Waals surface area contributed by atoms with E-state index in [1.165, 1.54) is 12.1 Å². The van der Waals surface area contributed by atoms with Gasteiger partial charge in [0.05, 0.1) is 26.8 Å². The number of fused-ring (bicyclic) bond motifs is 1. The molecule has 19 heavy (non-hydrogen) atoms. The zero-order chi connectivity index (χ0) is 13.6. The van der Waals surface area contributed by atoms with Crippen molar-refractivity contribution in [2.75, 3.05) is 5.73 Å². The van der Waals surface area contributed by atoms with Crippen LogP contribution in [0.15, 0.2) is 30.3 Å². The van der Waals surface area contributed by atoms with Crippen molar-refractivity contribution in [3.63, 3.8) is 0 Å². The molecule has 0 unspecified atom stereocenters. The number of hydrogen-bond acceptors (Lipinski definition) is 2. The van der Waals surface area contributed by atoms with E-state index in [9.17, 15) is 4.39 Å². The summed E-state index contributed by atoms with van der Waals surface area (Å²) in [6, 6.07) is 7.80. The smallest absolute Gasteiger partial charge is 0.146 e. The molecule has 0 spiro atoms. The summed E-state index contributed by atoms with van der Waals surface area (Å²) in [7, 11) is 0. The van der Waals surface area contributed by atoms with Crippen LogP contribution < -0.4 is 5.73 Å². The van der Waals surface area contributed by atoms with Crippen LogP contribution in [0.4, 0.5) is 10.1 Å². The molecule has 3 rings (SSSR count). The molecule has 0 saturated carbocycles. The second kappa shape index (κ2) is 4.40. The lowest BCUT2D eigenvalue weighted by Crippen LogP contribution is -1.91. The Kier molecular flexibility index (Phi) is 2.84. The third-order valence-corrected chi connectivity index (χ3v) is 3.52. The van der Waals surface area contributed by atoms with Crippen LogP contribution in [0, 0.1) is 5.82 Å². The summed E-state index contributed by atoms with van der Waals surface area (Å²) in [5, 5.41) is 0.883. The number of aromatic nitrogens is 2. The van der Waals surface area contributed by atoms with Gasteiger partial charge < -0.3 is 10.7 Å². The van der Waals surface area contributed by atoms with Crippen molar-refractivity contribution in [2.24, 2.45) is 0 Å². The summed E-state index contributed by atoms with van der Waals surface area (Å²) in [5.74, 6) is 0.131. The van der Waals surface area contributed by atoms with E-state index in [0.717, 1.165) is 5.52 Å². The lowest BCUT2D eigenvalue weighted by molar-refractivity contribution is 0.632. The van der Waals surface area contributed by atoms with Gasteiger partial charge in [-0.2, -0.15) is 0 Å². The van der Waals surface area contributed by atoms with Crippen molar-refractivity contribution in [1.29, 1.82) is 0 Å². The fourth-order valence-electron chi connectivity index (χ4n) is 1.83. The predicted octanol–water partition coefficient (Wildman–Crippen LogP) is 4.26. The van der Waals surface area contributed by atoms with Crippen molar-refractivity contribution >= 4 is 39.9 Å². The fourth-order valence-corrected chi connectivity index (χ4v) is 2.15. The summed E-state index contributed by atoms with van der Waals surface area (Å²) < 4.78 is 13.1. The van der Waals surface area contributed by atoms with E-state index in [-0.39, 0.29) is 5.69 Å². The molecule has 0 saturated heterocycles. The van der Waals surface area contributed by atoms with E-state index in [1.807, 2.05) is 0 Å². The largest absolute Gasteiger partial charge is 0.396 e. The minimum atomic E-state index is -0.453. The Bertz CT molecular complexity index is 744. The van der Waals surface area contributed by atoms with Gasteiger partial charge >= 0.3 is 0 Å². The van der Waals surface area contributed by atoms with Crippen molar-refractivity contribution in [3.8, 4) is 11.4 Å². The van der Waals surface area contributed by atoms with Crippen molar-refractivity contribution < 1.29 is 4.39 Å². The number of nitrogens with two attached hydrogens (primary N) is 1. The monoisotopic (exact) mass is 295 g/mol. The molecule has 0 bridgehead atoms. The van der Waals surface area contributed by atoms with E-state index in [0.29, 0.717) is 26.9 Å². The van der Waals surface area contributed by atoms with Crippen molar-refractivity contribution in [1.82, 2.24) is 9.97 Å². The average Bonchev–Trinajstić information content (AvgIpc) is 2.76. The van der Waals surface area contributed by atoms with Crippen LogP contribution in [0.3, 0.4) is 0 Å². The standard InChI is InChI=1S/C13H8Cl2FN3/c14-7-4-11-12(5-8(7)15)19-13(18-11)6-1-2-9(16)10(17)3-6/h1-5H,17H2,(H,18,19). The Labute approximate surface area is 118 Å². The molecule has 0 fully saturated rings. The molecule has 3 nitrogen and oxygen atoms in total. The van der Waals surface area contributed by atoms with Crippen LogP contribution in [0.5, 0.6) is 0 Å². The third kappa shape index (κ3) is 2.13. The van der Waals surface area contributed by atoms with Crippen LogP contribution in [0.25, 0.3) is 22.4 Å². The minimum absolute atomic E-state index is 0.0778. The number of H-pyrrole nitrogens is 1. The SMILES string of the molecule is Nc1cc(-c2nc3cc(Cl)c(Cl)cc3[nH]2)ccc1F. The number of hydrogen-bond donors (Lipinski definition) is 2. The first-order valence-electron chi connectivity index (χ1n) is 5.45. The number of aromatic amines is 1. The number of imidazole rings is 1. The molecular weight excluding hydrogens is 288 g/mol. The van der Waals surface area contributed by atoms with Gasteiger partial charge in [-0.1, -0.05) is 23.2 Å². The first kappa shape index (κ1) is 12.3. The van der Waals surface area contributed by atoms with Crippen LogP contribution in [0.2, 0.25) is 10.0 Å². The molecule has 6 heteroatoms. The van der Waals surface area contributed by atoms with E-state index in [1.54, 1.807) is 18.2 Å². The van der Waals surface area contributed by atoms with Crippen LogP contribution in [-0.2, 0) is 0 Å². The first-order chi connectivity index (χ1) is 9.04. The highest BCUT2D eigenvalue weighted by atomic mass is 35.5. The highest BCUT2D eigenvalue weighted by molar-refractivity contribution is 6.42. The first-order valence-corrected chi connectivity index (χ1v) is 6.20. The predicted molar refractivity (Wildman–Crippen MR) is 75.9 cm³/mol. The minimum Gasteiger partial charge on any atom is -0.396 e. The number of anilines is 1. The van der Waals surface area contributed by atoms with Crippen molar-refractivity contribution in [2.45, 2.75) is 0 Å². The quantitative estimate of drug-likeness (QED) is 0.659. The lowest BCUT2D eigenvalue weighted by atomic mass is 10.2. The van der Waals surface area contributed by atoms with Gasteiger partial charge in [-0.3, -0.25) is 0 Å². The zero-order valence-corrected chi connectivity index (χ0v) is 11.1. The normalized spacial score (nSPS) is 11.1. The van der Waals surface area contributed by atoms with Crippen LogP contribution in [0.1, 0.15) is 0 Å². The number of rotatable bonds is 1. The molecule has 1 aromatic heterocycles. The Morgan fingerprint density at radius 2 is 1.84 bits per heavy atom. The maximum atomic E-state index is 13.1. The number of benzene rings is 2. The van der Waals surface area contributed by atoms with Gasteiger partial charge in [0.15, 0.2) is 0 Å². The van der Waals surface area contributed by atoms with Gasteiger partial charge in [-0.15, -0.1) is 0 Å². The van der Waals surface area contributed by atoms with Gasteiger partial charge in [0.25, 0.3) is 0 Å². The van der Waals surface area contributed by atoms with Gasteiger partial charge in [0.2, 0.25) is 0 Å². The molecule has 2 aromatic carbocycles. The highest BCUT2D eigenvalue weighted by Gasteiger charge is 2.09. The summed E-state index contributed by atoms with van der Waals surface area (Å²) in [6.07, 6.45) is 0. The number of nitrogen functional groups attached to an aromatic ring is 1. The second-order valence-corrected chi connectivity index (χ2v) is 4.92. The van der Waals surface area contributed by atoms with Gasteiger partial charge in [0, 0.05) is 5.56 Å². The van der Waals surface area contributed by atoms with Crippen LogP contribution in [-0.4, -0.2) is 9.97 Å². The summed E-state index contributed by atoms with van der Waals surface area (Å²) in [4.78, 5) is 7.47. The zero-order valence-electron chi connectivity index (χ0n) is 9.55. The molecule has 0 radical (unpaired) electrons. The molecule has 0 aliphatic rings. The Hall–Kier alpha value is -1.78. The molecule has 0 atom stereocenters. The molecule has 0 amide bonds. The van der Waals surface area contributed by atoms with E-state index in [4.69, 9.17) is 28.9 Å². The maximum absolute atomic E-state index is 13.1. The molecule has 0 aliphatic heterocycles. The van der Waals surface area contributed by atoms with Crippen molar-refractivity contribution in [3.05, 3.63) is 46.2 Å². The molecule has 3 aromatic rings. The molecule has 1 heterocycles. The van der Waals surface area contributed by atoms with E-state index in [2.05, 4.69) is 9.97 Å². The van der Waals surface area contributed by atoms with Gasteiger partial charge in [0.1, 0.15) is 11.6 Å². The highest BCUT2D eigenvalue weighted by Crippen LogP contribution is 2.29. The van der Waals surface area contributed by atoms with E-state index >= 15 is 0 Å². The van der Waals surface area contributed by atoms with Gasteiger partial charge in [-0.05, 0) is 30.3 Å². The molecule has 3 N–H and O–H groups in total. The Morgan fingerprint density at radius 3 is 2.58 bits per heavy atom.